The van der Waals surface area contributed by atoms with Gasteiger partial charge in [0, 0.05) is 44.3 Å². The van der Waals surface area contributed by atoms with Gasteiger partial charge < -0.3 is 20.1 Å². The molecule has 0 radical (unpaired) electrons. The molecule has 0 saturated carbocycles. The molecule has 30 heavy (non-hydrogen) atoms. The topological polar surface area (TPSA) is 54.9 Å². The van der Waals surface area contributed by atoms with Crippen molar-refractivity contribution in [3.63, 3.8) is 0 Å². The van der Waals surface area contributed by atoms with Crippen molar-refractivity contribution in [3.8, 4) is 5.75 Å². The fourth-order valence-electron chi connectivity index (χ4n) is 3.80. The second-order valence-corrected chi connectivity index (χ2v) is 7.50. The molecule has 164 valence electrons. The Hall–Kier alpha value is -1.87. The Morgan fingerprint density at radius 3 is 2.47 bits per heavy atom. The van der Waals surface area contributed by atoms with Crippen molar-refractivity contribution in [1.82, 2.24) is 10.6 Å². The Morgan fingerprint density at radius 2 is 1.83 bits per heavy atom. The maximum absolute atomic E-state index is 13.1. The maximum Gasteiger partial charge on any atom is 0.191 e. The minimum absolute atomic E-state index is 0. The largest absolute Gasteiger partial charge is 0.496 e. The molecule has 0 spiro atoms. The number of aliphatic imine (C=N–C) groups is 1. The summed E-state index contributed by atoms with van der Waals surface area (Å²) in [6.07, 6.45) is 1.82. The number of aryl methyl sites for hydroxylation is 1. The molecule has 1 heterocycles. The number of rotatable bonds is 6. The predicted octanol–water partition coefficient (Wildman–Crippen LogP) is 4.17. The van der Waals surface area contributed by atoms with Crippen molar-refractivity contribution in [2.24, 2.45) is 4.99 Å². The van der Waals surface area contributed by atoms with Crippen LogP contribution in [0.3, 0.4) is 0 Å². The SMILES string of the molecule is CN=C(NCc1ccc(F)cc1)NCC1(c2cc(C)ccc2OC)CCOCC1.I. The molecule has 2 N–H and O–H groups in total. The summed E-state index contributed by atoms with van der Waals surface area (Å²) in [5.41, 5.74) is 3.33. The summed E-state index contributed by atoms with van der Waals surface area (Å²) in [4.78, 5) is 4.35. The third-order valence-corrected chi connectivity index (χ3v) is 5.57. The molecular weight excluding hydrogens is 496 g/mol. The Balaban J connectivity index is 0.00000320. The van der Waals surface area contributed by atoms with Crippen LogP contribution in [0, 0.1) is 12.7 Å². The summed E-state index contributed by atoms with van der Waals surface area (Å²) in [6.45, 7) is 4.84. The quantitative estimate of drug-likeness (QED) is 0.337. The summed E-state index contributed by atoms with van der Waals surface area (Å²) < 4.78 is 24.4. The van der Waals surface area contributed by atoms with E-state index in [9.17, 15) is 4.39 Å². The fraction of sp³-hybridized carbons (Fsp3) is 0.435. The first kappa shape index (κ1) is 24.4. The smallest absolute Gasteiger partial charge is 0.191 e. The van der Waals surface area contributed by atoms with Gasteiger partial charge in [-0.15, -0.1) is 24.0 Å². The Kier molecular flexibility index (Phi) is 9.36. The molecule has 0 unspecified atom stereocenters. The lowest BCUT2D eigenvalue weighted by molar-refractivity contribution is 0.0505. The van der Waals surface area contributed by atoms with Crippen LogP contribution in [0.15, 0.2) is 47.5 Å². The van der Waals surface area contributed by atoms with Crippen LogP contribution in [0.25, 0.3) is 0 Å². The number of hydrogen-bond donors (Lipinski definition) is 2. The molecular formula is C23H31FIN3O2. The highest BCUT2D eigenvalue weighted by atomic mass is 127. The van der Waals surface area contributed by atoms with E-state index in [1.54, 1.807) is 26.3 Å². The van der Waals surface area contributed by atoms with E-state index in [2.05, 4.69) is 34.7 Å². The molecule has 2 aromatic carbocycles. The van der Waals surface area contributed by atoms with Gasteiger partial charge >= 0.3 is 0 Å². The van der Waals surface area contributed by atoms with Crippen molar-refractivity contribution in [2.45, 2.75) is 31.7 Å². The van der Waals surface area contributed by atoms with Gasteiger partial charge in [0.15, 0.2) is 5.96 Å². The molecule has 1 saturated heterocycles. The van der Waals surface area contributed by atoms with Gasteiger partial charge in [0.2, 0.25) is 0 Å². The van der Waals surface area contributed by atoms with Crippen LogP contribution in [0.1, 0.15) is 29.5 Å². The monoisotopic (exact) mass is 527 g/mol. The minimum Gasteiger partial charge on any atom is -0.496 e. The van der Waals surface area contributed by atoms with E-state index in [1.807, 2.05) is 6.07 Å². The van der Waals surface area contributed by atoms with Crippen LogP contribution in [0.5, 0.6) is 5.75 Å². The van der Waals surface area contributed by atoms with Crippen LogP contribution in [-0.2, 0) is 16.7 Å². The van der Waals surface area contributed by atoms with Crippen LogP contribution >= 0.6 is 24.0 Å². The Bertz CT molecular complexity index is 837. The number of halogens is 2. The highest BCUT2D eigenvalue weighted by molar-refractivity contribution is 14.0. The molecule has 0 amide bonds. The number of ether oxygens (including phenoxy) is 2. The van der Waals surface area contributed by atoms with Crippen LogP contribution in [0.2, 0.25) is 0 Å². The minimum atomic E-state index is -0.232. The van der Waals surface area contributed by atoms with Crippen molar-refractivity contribution in [2.75, 3.05) is 33.9 Å². The van der Waals surface area contributed by atoms with Gasteiger partial charge in [-0.05, 0) is 43.5 Å². The molecule has 0 aliphatic carbocycles. The van der Waals surface area contributed by atoms with Gasteiger partial charge in [-0.25, -0.2) is 4.39 Å². The standard InChI is InChI=1S/C23H30FN3O2.HI/c1-17-4-9-21(28-3)20(14-17)23(10-12-29-13-11-23)16-27-22(25-2)26-15-18-5-7-19(24)8-6-18;/h4-9,14H,10-13,15-16H2,1-3H3,(H2,25,26,27);1H. The zero-order valence-electron chi connectivity index (χ0n) is 17.8. The normalized spacial score (nSPS) is 15.8. The van der Waals surface area contributed by atoms with E-state index in [1.165, 1.54) is 23.3 Å². The number of benzene rings is 2. The second kappa shape index (κ2) is 11.5. The Labute approximate surface area is 195 Å². The van der Waals surface area contributed by atoms with Gasteiger partial charge in [-0.3, -0.25) is 4.99 Å². The van der Waals surface area contributed by atoms with E-state index in [-0.39, 0.29) is 35.2 Å². The lowest BCUT2D eigenvalue weighted by atomic mass is 9.73. The first-order valence-electron chi connectivity index (χ1n) is 9.98. The number of methoxy groups -OCH3 is 1. The summed E-state index contributed by atoms with van der Waals surface area (Å²) in [7, 11) is 3.47. The van der Waals surface area contributed by atoms with Crippen molar-refractivity contribution >= 4 is 29.9 Å². The average molecular weight is 527 g/mol. The second-order valence-electron chi connectivity index (χ2n) is 7.50. The van der Waals surface area contributed by atoms with E-state index < -0.39 is 0 Å². The van der Waals surface area contributed by atoms with E-state index in [4.69, 9.17) is 9.47 Å². The maximum atomic E-state index is 13.1. The number of guanidine groups is 1. The van der Waals surface area contributed by atoms with Crippen molar-refractivity contribution < 1.29 is 13.9 Å². The lowest BCUT2D eigenvalue weighted by Crippen LogP contribution is -2.48. The molecule has 1 aliphatic heterocycles. The molecule has 3 rings (SSSR count). The third kappa shape index (κ3) is 6.07. The Morgan fingerprint density at radius 1 is 1.13 bits per heavy atom. The van der Waals surface area contributed by atoms with E-state index >= 15 is 0 Å². The molecule has 7 heteroatoms. The lowest BCUT2D eigenvalue weighted by Gasteiger charge is -2.39. The predicted molar refractivity (Wildman–Crippen MR) is 129 cm³/mol. The third-order valence-electron chi connectivity index (χ3n) is 5.57. The zero-order chi connectivity index (χ0) is 20.7. The van der Waals surface area contributed by atoms with E-state index in [0.29, 0.717) is 12.5 Å². The molecule has 0 atom stereocenters. The first-order chi connectivity index (χ1) is 14.1. The molecule has 0 aromatic heterocycles. The van der Waals surface area contributed by atoms with Crippen LogP contribution in [0.4, 0.5) is 4.39 Å². The number of hydrogen-bond acceptors (Lipinski definition) is 3. The summed E-state index contributed by atoms with van der Waals surface area (Å²) in [5.74, 6) is 1.39. The number of nitrogens with zero attached hydrogens (tertiary/aromatic N) is 1. The van der Waals surface area contributed by atoms with E-state index in [0.717, 1.165) is 43.9 Å². The molecule has 1 fully saturated rings. The molecule has 1 aliphatic rings. The van der Waals surface area contributed by atoms with Gasteiger partial charge in [0.1, 0.15) is 11.6 Å². The first-order valence-corrected chi connectivity index (χ1v) is 9.98. The van der Waals surface area contributed by atoms with Gasteiger partial charge in [-0.2, -0.15) is 0 Å². The summed E-state index contributed by atoms with van der Waals surface area (Å²) >= 11 is 0. The summed E-state index contributed by atoms with van der Waals surface area (Å²) in [5, 5.41) is 6.79. The van der Waals surface area contributed by atoms with Gasteiger partial charge in [0.05, 0.1) is 7.11 Å². The summed E-state index contributed by atoms with van der Waals surface area (Å²) in [6, 6.07) is 12.8. The molecule has 2 aromatic rings. The fourth-order valence-corrected chi connectivity index (χ4v) is 3.80. The highest BCUT2D eigenvalue weighted by Gasteiger charge is 2.37. The van der Waals surface area contributed by atoms with Crippen LogP contribution in [-0.4, -0.2) is 39.9 Å². The van der Waals surface area contributed by atoms with Gasteiger partial charge in [-0.1, -0.05) is 29.8 Å². The zero-order valence-corrected chi connectivity index (χ0v) is 20.2. The van der Waals surface area contributed by atoms with Crippen molar-refractivity contribution in [3.05, 3.63) is 65.0 Å². The molecule has 0 bridgehead atoms. The molecule has 5 nitrogen and oxygen atoms in total. The average Bonchev–Trinajstić information content (AvgIpc) is 2.75. The van der Waals surface area contributed by atoms with Crippen molar-refractivity contribution in [1.29, 1.82) is 0 Å². The highest BCUT2D eigenvalue weighted by Crippen LogP contribution is 2.40. The number of nitrogens with one attached hydrogen (secondary N) is 2. The van der Waals surface area contributed by atoms with Crippen LogP contribution < -0.4 is 15.4 Å². The van der Waals surface area contributed by atoms with Gasteiger partial charge in [0.25, 0.3) is 0 Å².